The van der Waals surface area contributed by atoms with E-state index < -0.39 is 10.0 Å². The molecule has 5 nitrogen and oxygen atoms in total. The van der Waals surface area contributed by atoms with Gasteiger partial charge in [-0.05, 0) is 31.5 Å². The van der Waals surface area contributed by atoms with Gasteiger partial charge in [-0.15, -0.1) is 4.40 Å². The summed E-state index contributed by atoms with van der Waals surface area (Å²) < 4.78 is 33.0. The molecule has 2 aliphatic rings. The Kier molecular flexibility index (Phi) is 3.28. The standard InChI is InChI=1S/C13H16N2O3S/c16-19(17)12-6-2-1-5-11(12)13(15-19)18-9-10-4-3-7-14-8-10/h1-2,5-6,10,14H,3-4,7-9H2/t10-/m0/s1. The zero-order chi connectivity index (χ0) is 13.3. The average molecular weight is 280 g/mol. The highest BCUT2D eigenvalue weighted by Crippen LogP contribution is 2.26. The third-order valence-corrected chi connectivity index (χ3v) is 4.77. The van der Waals surface area contributed by atoms with Crippen LogP contribution in [0.1, 0.15) is 18.4 Å². The summed E-state index contributed by atoms with van der Waals surface area (Å²) in [7, 11) is -3.56. The Hall–Kier alpha value is -1.40. The van der Waals surface area contributed by atoms with Crippen LogP contribution < -0.4 is 5.32 Å². The van der Waals surface area contributed by atoms with Gasteiger partial charge in [0.2, 0.25) is 5.90 Å². The summed E-state index contributed by atoms with van der Waals surface area (Å²) in [5.41, 5.74) is 0.575. The normalized spacial score (nSPS) is 24.6. The van der Waals surface area contributed by atoms with Gasteiger partial charge >= 0.3 is 0 Å². The first-order valence-corrected chi connectivity index (χ1v) is 7.89. The number of nitrogens with one attached hydrogen (secondary N) is 1. The lowest BCUT2D eigenvalue weighted by atomic mass is 10.0. The Morgan fingerprint density at radius 3 is 3.00 bits per heavy atom. The van der Waals surface area contributed by atoms with Gasteiger partial charge in [-0.1, -0.05) is 12.1 Å². The van der Waals surface area contributed by atoms with Gasteiger partial charge in [0.1, 0.15) is 4.90 Å². The van der Waals surface area contributed by atoms with Crippen molar-refractivity contribution in [2.24, 2.45) is 10.3 Å². The number of fused-ring (bicyclic) bond motifs is 1. The molecular formula is C13H16N2O3S. The lowest BCUT2D eigenvalue weighted by molar-refractivity contribution is 0.210. The van der Waals surface area contributed by atoms with Crippen LogP contribution in [-0.2, 0) is 14.8 Å². The molecule has 1 atom stereocenters. The summed E-state index contributed by atoms with van der Waals surface area (Å²) in [6.07, 6.45) is 2.24. The summed E-state index contributed by atoms with van der Waals surface area (Å²) in [6, 6.07) is 6.78. The molecule has 2 aliphatic heterocycles. The minimum absolute atomic E-state index is 0.237. The lowest BCUT2D eigenvalue weighted by Gasteiger charge is -2.22. The van der Waals surface area contributed by atoms with E-state index in [1.54, 1.807) is 24.3 Å². The van der Waals surface area contributed by atoms with E-state index in [-0.39, 0.29) is 10.8 Å². The monoisotopic (exact) mass is 280 g/mol. The predicted molar refractivity (Wildman–Crippen MR) is 71.7 cm³/mol. The van der Waals surface area contributed by atoms with Crippen molar-refractivity contribution in [1.29, 1.82) is 0 Å². The zero-order valence-electron chi connectivity index (χ0n) is 10.5. The molecule has 0 unspecified atom stereocenters. The first kappa shape index (κ1) is 12.6. The van der Waals surface area contributed by atoms with E-state index >= 15 is 0 Å². The number of benzene rings is 1. The highest BCUT2D eigenvalue weighted by molar-refractivity contribution is 7.90. The molecule has 0 aromatic heterocycles. The van der Waals surface area contributed by atoms with E-state index in [9.17, 15) is 8.42 Å². The highest BCUT2D eigenvalue weighted by atomic mass is 32.2. The van der Waals surface area contributed by atoms with Crippen molar-refractivity contribution in [3.05, 3.63) is 29.8 Å². The van der Waals surface area contributed by atoms with Gasteiger partial charge in [0.15, 0.2) is 0 Å². The van der Waals surface area contributed by atoms with Crippen molar-refractivity contribution in [3.8, 4) is 0 Å². The van der Waals surface area contributed by atoms with E-state index in [4.69, 9.17) is 4.74 Å². The molecule has 1 aromatic rings. The van der Waals surface area contributed by atoms with Gasteiger partial charge in [0.05, 0.1) is 12.2 Å². The predicted octanol–water partition coefficient (Wildman–Crippen LogP) is 1.15. The van der Waals surface area contributed by atoms with Crippen molar-refractivity contribution >= 4 is 15.9 Å². The number of ether oxygens (including phenoxy) is 1. The molecule has 2 heterocycles. The van der Waals surface area contributed by atoms with E-state index in [1.807, 2.05) is 0 Å². The first-order chi connectivity index (χ1) is 9.17. The fourth-order valence-corrected chi connectivity index (χ4v) is 3.59. The summed E-state index contributed by atoms with van der Waals surface area (Å²) in [5, 5.41) is 3.31. The maximum atomic E-state index is 11.8. The smallest absolute Gasteiger partial charge is 0.286 e. The number of hydrogen-bond acceptors (Lipinski definition) is 4. The van der Waals surface area contributed by atoms with Gasteiger partial charge in [-0.2, -0.15) is 8.42 Å². The molecule has 1 fully saturated rings. The number of rotatable bonds is 2. The summed E-state index contributed by atoms with van der Waals surface area (Å²) in [6.45, 7) is 2.48. The quantitative estimate of drug-likeness (QED) is 0.882. The molecule has 0 radical (unpaired) electrons. The van der Waals surface area contributed by atoms with Gasteiger partial charge < -0.3 is 10.1 Å². The van der Waals surface area contributed by atoms with Crippen LogP contribution in [0.2, 0.25) is 0 Å². The van der Waals surface area contributed by atoms with Crippen molar-refractivity contribution in [2.45, 2.75) is 17.7 Å². The Bertz CT molecular complexity index is 604. The second kappa shape index (κ2) is 4.94. The first-order valence-electron chi connectivity index (χ1n) is 6.45. The van der Waals surface area contributed by atoms with Gasteiger partial charge in [0, 0.05) is 12.5 Å². The van der Waals surface area contributed by atoms with Gasteiger partial charge in [0.25, 0.3) is 10.0 Å². The third kappa shape index (κ3) is 2.50. The molecule has 6 heteroatoms. The molecule has 0 bridgehead atoms. The molecule has 19 heavy (non-hydrogen) atoms. The maximum absolute atomic E-state index is 11.8. The number of hydrogen-bond donors (Lipinski definition) is 1. The maximum Gasteiger partial charge on any atom is 0.286 e. The number of sulfonamides is 1. The average Bonchev–Trinajstić information content (AvgIpc) is 2.70. The van der Waals surface area contributed by atoms with Crippen LogP contribution in [-0.4, -0.2) is 34.0 Å². The fraction of sp³-hybridized carbons (Fsp3) is 0.462. The lowest BCUT2D eigenvalue weighted by Crippen LogP contribution is -2.32. The van der Waals surface area contributed by atoms with Crippen LogP contribution in [0.15, 0.2) is 33.6 Å². The molecule has 1 saturated heterocycles. The fourth-order valence-electron chi connectivity index (χ4n) is 2.44. The molecule has 102 valence electrons. The van der Waals surface area contributed by atoms with Crippen molar-refractivity contribution < 1.29 is 13.2 Å². The van der Waals surface area contributed by atoms with Crippen molar-refractivity contribution in [1.82, 2.24) is 5.32 Å². The molecule has 1 aromatic carbocycles. The Morgan fingerprint density at radius 2 is 2.21 bits per heavy atom. The van der Waals surface area contributed by atoms with Crippen LogP contribution in [0, 0.1) is 5.92 Å². The van der Waals surface area contributed by atoms with E-state index in [1.165, 1.54) is 0 Å². The molecule has 0 saturated carbocycles. The second-order valence-corrected chi connectivity index (χ2v) is 6.46. The third-order valence-electron chi connectivity index (χ3n) is 3.45. The number of nitrogens with zero attached hydrogens (tertiary/aromatic N) is 1. The topological polar surface area (TPSA) is 67.8 Å². The zero-order valence-corrected chi connectivity index (χ0v) is 11.3. The summed E-state index contributed by atoms with van der Waals surface area (Å²) in [4.78, 5) is 0.242. The van der Waals surface area contributed by atoms with Gasteiger partial charge in [-0.25, -0.2) is 0 Å². The van der Waals surface area contributed by atoms with E-state index in [0.29, 0.717) is 18.1 Å². The summed E-state index contributed by atoms with van der Waals surface area (Å²) in [5.74, 6) is 0.660. The Morgan fingerprint density at radius 1 is 1.37 bits per heavy atom. The van der Waals surface area contributed by atoms with E-state index in [2.05, 4.69) is 9.71 Å². The molecular weight excluding hydrogens is 264 g/mol. The molecule has 0 aliphatic carbocycles. The minimum atomic E-state index is -3.56. The van der Waals surface area contributed by atoms with Crippen LogP contribution in [0.25, 0.3) is 0 Å². The molecule has 0 spiro atoms. The van der Waals surface area contributed by atoms with Crippen LogP contribution in [0.5, 0.6) is 0 Å². The van der Waals surface area contributed by atoms with Crippen LogP contribution in [0.4, 0.5) is 0 Å². The number of piperidine rings is 1. The minimum Gasteiger partial charge on any atom is -0.476 e. The largest absolute Gasteiger partial charge is 0.476 e. The molecule has 1 N–H and O–H groups in total. The van der Waals surface area contributed by atoms with Crippen LogP contribution >= 0.6 is 0 Å². The molecule has 3 rings (SSSR count). The summed E-state index contributed by atoms with van der Waals surface area (Å²) >= 11 is 0. The SMILES string of the molecule is O=S1(=O)N=C(OC[C@H]2CCCNC2)c2ccccc21. The second-order valence-electron chi connectivity index (χ2n) is 4.89. The van der Waals surface area contributed by atoms with Crippen LogP contribution in [0.3, 0.4) is 0 Å². The van der Waals surface area contributed by atoms with Crippen molar-refractivity contribution in [2.75, 3.05) is 19.7 Å². The Labute approximate surface area is 112 Å². The van der Waals surface area contributed by atoms with E-state index in [0.717, 1.165) is 25.9 Å². The van der Waals surface area contributed by atoms with Gasteiger partial charge in [-0.3, -0.25) is 0 Å². The highest BCUT2D eigenvalue weighted by Gasteiger charge is 2.30. The molecule has 0 amide bonds. The Balaban J connectivity index is 1.75. The van der Waals surface area contributed by atoms with Crippen molar-refractivity contribution in [3.63, 3.8) is 0 Å².